The molecule has 2 rings (SSSR count). The summed E-state index contributed by atoms with van der Waals surface area (Å²) in [6, 6.07) is 0.388. The maximum Gasteiger partial charge on any atom is 0.323 e. The van der Waals surface area contributed by atoms with Gasteiger partial charge in [0.15, 0.2) is 0 Å². The Balaban J connectivity index is 2.02. The van der Waals surface area contributed by atoms with E-state index in [1.54, 1.807) is 0 Å². The summed E-state index contributed by atoms with van der Waals surface area (Å²) in [6.45, 7) is 8.66. The zero-order chi connectivity index (χ0) is 14.4. The van der Waals surface area contributed by atoms with E-state index in [-0.39, 0.29) is 0 Å². The van der Waals surface area contributed by atoms with Gasteiger partial charge in [-0.3, -0.25) is 0 Å². The molecule has 1 fully saturated rings. The van der Waals surface area contributed by atoms with Gasteiger partial charge in [0.25, 0.3) is 0 Å². The highest BCUT2D eigenvalue weighted by Gasteiger charge is 2.31. The van der Waals surface area contributed by atoms with Crippen molar-refractivity contribution in [1.29, 1.82) is 0 Å². The largest absolute Gasteiger partial charge is 0.463 e. The molecular weight excluding hydrogens is 254 g/mol. The minimum absolute atomic E-state index is 0.384. The second-order valence-electron chi connectivity index (χ2n) is 5.66. The average Bonchev–Trinajstić information content (AvgIpc) is 2.41. The van der Waals surface area contributed by atoms with Crippen LogP contribution in [0.25, 0.3) is 0 Å². The molecule has 1 aromatic heterocycles. The van der Waals surface area contributed by atoms with Crippen molar-refractivity contribution in [3.63, 3.8) is 0 Å². The molecule has 6 heteroatoms. The molecule has 0 unspecified atom stereocenters. The van der Waals surface area contributed by atoms with Gasteiger partial charge in [-0.2, -0.15) is 15.0 Å². The third-order valence-electron chi connectivity index (χ3n) is 3.62. The molecule has 0 spiro atoms. The molecule has 0 atom stereocenters. The highest BCUT2D eigenvalue weighted by molar-refractivity contribution is 5.36. The summed E-state index contributed by atoms with van der Waals surface area (Å²) in [6.07, 6.45) is 4.79. The normalized spacial score (nSPS) is 16.4. The third kappa shape index (κ3) is 3.95. The van der Waals surface area contributed by atoms with E-state index < -0.39 is 0 Å². The average molecular weight is 279 g/mol. The van der Waals surface area contributed by atoms with Gasteiger partial charge >= 0.3 is 6.01 Å². The Hall–Kier alpha value is -1.59. The summed E-state index contributed by atoms with van der Waals surface area (Å²) in [4.78, 5) is 12.9. The van der Waals surface area contributed by atoms with Gasteiger partial charge in [0, 0.05) is 13.1 Å². The molecule has 1 heterocycles. The van der Waals surface area contributed by atoms with Crippen molar-refractivity contribution < 1.29 is 4.74 Å². The van der Waals surface area contributed by atoms with Crippen LogP contribution in [0.4, 0.5) is 11.9 Å². The standard InChI is InChI=1S/C14H25N5O/c1-4-9-20-13-18-11(15-5-2)17-12(19-13)16-10-14(3)7-6-8-14/h4-10H2,1-3H3,(H2,15,16,17,18,19). The maximum absolute atomic E-state index is 5.51. The van der Waals surface area contributed by atoms with E-state index in [2.05, 4.69) is 39.4 Å². The lowest BCUT2D eigenvalue weighted by Crippen LogP contribution is -2.33. The minimum Gasteiger partial charge on any atom is -0.463 e. The van der Waals surface area contributed by atoms with E-state index in [9.17, 15) is 0 Å². The number of aromatic nitrogens is 3. The monoisotopic (exact) mass is 279 g/mol. The lowest BCUT2D eigenvalue weighted by atomic mass is 9.70. The SMILES string of the molecule is CCCOc1nc(NCC)nc(NCC2(C)CCC2)n1. The van der Waals surface area contributed by atoms with Crippen LogP contribution in [0.15, 0.2) is 0 Å². The Labute approximate surface area is 120 Å². The zero-order valence-electron chi connectivity index (χ0n) is 12.7. The molecule has 1 aromatic rings. The van der Waals surface area contributed by atoms with Crippen LogP contribution < -0.4 is 15.4 Å². The van der Waals surface area contributed by atoms with Crippen molar-refractivity contribution in [1.82, 2.24) is 15.0 Å². The Kier molecular flexibility index (Phi) is 4.98. The molecule has 2 N–H and O–H groups in total. The number of hydrogen-bond acceptors (Lipinski definition) is 6. The number of nitrogens with zero attached hydrogens (tertiary/aromatic N) is 3. The van der Waals surface area contributed by atoms with E-state index in [1.807, 2.05) is 6.92 Å². The Bertz CT molecular complexity index is 434. The third-order valence-corrected chi connectivity index (χ3v) is 3.62. The summed E-state index contributed by atoms with van der Waals surface area (Å²) in [7, 11) is 0. The molecule has 0 amide bonds. The molecule has 0 saturated heterocycles. The molecule has 1 aliphatic carbocycles. The van der Waals surface area contributed by atoms with Gasteiger partial charge < -0.3 is 15.4 Å². The van der Waals surface area contributed by atoms with Gasteiger partial charge in [0.2, 0.25) is 11.9 Å². The van der Waals surface area contributed by atoms with Crippen molar-refractivity contribution in [3.05, 3.63) is 0 Å². The van der Waals surface area contributed by atoms with E-state index in [1.165, 1.54) is 19.3 Å². The van der Waals surface area contributed by atoms with Crippen LogP contribution in [0.2, 0.25) is 0 Å². The van der Waals surface area contributed by atoms with Gasteiger partial charge in [0.1, 0.15) is 0 Å². The van der Waals surface area contributed by atoms with Crippen molar-refractivity contribution >= 4 is 11.9 Å². The first-order valence-corrected chi connectivity index (χ1v) is 7.52. The fourth-order valence-corrected chi connectivity index (χ4v) is 2.18. The molecule has 0 aromatic carbocycles. The topological polar surface area (TPSA) is 72.0 Å². The first-order valence-electron chi connectivity index (χ1n) is 7.52. The van der Waals surface area contributed by atoms with Crippen LogP contribution in [0.1, 0.15) is 46.5 Å². The molecule has 0 aliphatic heterocycles. The first-order chi connectivity index (χ1) is 9.65. The predicted octanol–water partition coefficient (Wildman–Crippen LogP) is 2.69. The molecule has 6 nitrogen and oxygen atoms in total. The van der Waals surface area contributed by atoms with Crippen molar-refractivity contribution in [2.45, 2.75) is 46.5 Å². The highest BCUT2D eigenvalue weighted by atomic mass is 16.5. The Morgan fingerprint density at radius 1 is 1.10 bits per heavy atom. The quantitative estimate of drug-likeness (QED) is 0.762. The Morgan fingerprint density at radius 2 is 1.80 bits per heavy atom. The Morgan fingerprint density at radius 3 is 2.35 bits per heavy atom. The van der Waals surface area contributed by atoms with Gasteiger partial charge in [-0.1, -0.05) is 20.3 Å². The lowest BCUT2D eigenvalue weighted by Gasteiger charge is -2.38. The van der Waals surface area contributed by atoms with Gasteiger partial charge in [-0.05, 0) is 31.6 Å². The van der Waals surface area contributed by atoms with Gasteiger partial charge in [0.05, 0.1) is 6.61 Å². The fraction of sp³-hybridized carbons (Fsp3) is 0.786. The smallest absolute Gasteiger partial charge is 0.323 e. The number of nitrogens with one attached hydrogen (secondary N) is 2. The second-order valence-corrected chi connectivity index (χ2v) is 5.66. The van der Waals surface area contributed by atoms with Crippen LogP contribution in [0.3, 0.4) is 0 Å². The summed E-state index contributed by atoms with van der Waals surface area (Å²) in [5, 5.41) is 6.43. The van der Waals surface area contributed by atoms with Crippen molar-refractivity contribution in [2.24, 2.45) is 5.41 Å². The van der Waals surface area contributed by atoms with E-state index >= 15 is 0 Å². The number of ether oxygens (including phenoxy) is 1. The molecular formula is C14H25N5O. The van der Waals surface area contributed by atoms with E-state index in [0.29, 0.717) is 29.9 Å². The van der Waals surface area contributed by atoms with Crippen molar-refractivity contribution in [3.8, 4) is 6.01 Å². The predicted molar refractivity (Wildman–Crippen MR) is 80.2 cm³/mol. The van der Waals surface area contributed by atoms with E-state index in [4.69, 9.17) is 4.74 Å². The minimum atomic E-state index is 0.384. The number of hydrogen-bond donors (Lipinski definition) is 2. The molecule has 0 bridgehead atoms. The summed E-state index contributed by atoms with van der Waals surface area (Å²) < 4.78 is 5.51. The van der Waals surface area contributed by atoms with Crippen LogP contribution in [0, 0.1) is 5.41 Å². The van der Waals surface area contributed by atoms with Crippen LogP contribution in [-0.2, 0) is 0 Å². The number of anilines is 2. The van der Waals surface area contributed by atoms with E-state index in [0.717, 1.165) is 19.5 Å². The molecule has 0 radical (unpaired) electrons. The maximum atomic E-state index is 5.51. The van der Waals surface area contributed by atoms with Gasteiger partial charge in [-0.15, -0.1) is 0 Å². The van der Waals surface area contributed by atoms with Crippen LogP contribution in [-0.4, -0.2) is 34.6 Å². The van der Waals surface area contributed by atoms with Crippen LogP contribution >= 0.6 is 0 Å². The number of rotatable bonds is 8. The van der Waals surface area contributed by atoms with Crippen molar-refractivity contribution in [2.75, 3.05) is 30.3 Å². The summed E-state index contributed by atoms with van der Waals surface area (Å²) >= 11 is 0. The zero-order valence-corrected chi connectivity index (χ0v) is 12.7. The fourth-order valence-electron chi connectivity index (χ4n) is 2.18. The lowest BCUT2D eigenvalue weighted by molar-refractivity contribution is 0.179. The van der Waals surface area contributed by atoms with Crippen LogP contribution in [0.5, 0.6) is 6.01 Å². The summed E-state index contributed by atoms with van der Waals surface area (Å²) in [5.74, 6) is 1.16. The summed E-state index contributed by atoms with van der Waals surface area (Å²) in [5.41, 5.74) is 0.384. The first kappa shape index (κ1) is 14.8. The molecule has 20 heavy (non-hydrogen) atoms. The molecule has 112 valence electrons. The molecule has 1 saturated carbocycles. The highest BCUT2D eigenvalue weighted by Crippen LogP contribution is 2.40. The molecule has 1 aliphatic rings. The van der Waals surface area contributed by atoms with Gasteiger partial charge in [-0.25, -0.2) is 0 Å². The second kappa shape index (κ2) is 6.72.